The van der Waals surface area contributed by atoms with Crippen molar-refractivity contribution in [3.05, 3.63) is 28.8 Å². The van der Waals surface area contributed by atoms with Crippen LogP contribution in [0.5, 0.6) is 0 Å². The highest BCUT2D eigenvalue weighted by Crippen LogP contribution is 2.25. The summed E-state index contributed by atoms with van der Waals surface area (Å²) in [6.07, 6.45) is 1.20. The number of halogens is 1. The van der Waals surface area contributed by atoms with Gasteiger partial charge in [-0.15, -0.1) is 0 Å². The summed E-state index contributed by atoms with van der Waals surface area (Å²) in [5.74, 6) is 0.691. The van der Waals surface area contributed by atoms with Crippen LogP contribution < -0.4 is 10.6 Å². The second-order valence-electron chi connectivity index (χ2n) is 4.53. The Morgan fingerprint density at radius 3 is 2.59 bits per heavy atom. The molecule has 1 aromatic rings. The Labute approximate surface area is 110 Å². The molecule has 0 amide bonds. The topological polar surface area (TPSA) is 29.3 Å². The largest absolute Gasteiger partial charge is 0.371 e. The third-order valence-electron chi connectivity index (χ3n) is 3.21. The number of nitrogens with two attached hydrogens (primary N) is 1. The van der Waals surface area contributed by atoms with Gasteiger partial charge in [-0.05, 0) is 36.6 Å². The minimum Gasteiger partial charge on any atom is -0.371 e. The third-order valence-corrected chi connectivity index (χ3v) is 3.45. The molecule has 0 heterocycles. The molecule has 0 aliphatic rings. The number of anilines is 1. The SMILES string of the molecule is CCC(C)CN(CC)c1ccc(Cl)cc1CN. The van der Waals surface area contributed by atoms with Crippen molar-refractivity contribution in [2.24, 2.45) is 11.7 Å². The molecule has 2 N–H and O–H groups in total. The molecule has 1 aromatic carbocycles. The highest BCUT2D eigenvalue weighted by atomic mass is 35.5. The Morgan fingerprint density at radius 1 is 1.35 bits per heavy atom. The fourth-order valence-corrected chi connectivity index (χ4v) is 2.12. The lowest BCUT2D eigenvalue weighted by Crippen LogP contribution is -2.29. The predicted octanol–water partition coefficient (Wildman–Crippen LogP) is 3.67. The van der Waals surface area contributed by atoms with E-state index in [1.54, 1.807) is 0 Å². The maximum atomic E-state index is 6.00. The molecular formula is C14H23ClN2. The van der Waals surface area contributed by atoms with Crippen LogP contribution in [0, 0.1) is 5.92 Å². The highest BCUT2D eigenvalue weighted by Gasteiger charge is 2.11. The van der Waals surface area contributed by atoms with Crippen LogP contribution in [0.4, 0.5) is 5.69 Å². The van der Waals surface area contributed by atoms with Gasteiger partial charge in [-0.2, -0.15) is 0 Å². The summed E-state index contributed by atoms with van der Waals surface area (Å²) < 4.78 is 0. The smallest absolute Gasteiger partial charge is 0.0412 e. The van der Waals surface area contributed by atoms with E-state index in [0.29, 0.717) is 12.5 Å². The van der Waals surface area contributed by atoms with Crippen molar-refractivity contribution in [2.45, 2.75) is 33.7 Å². The lowest BCUT2D eigenvalue weighted by molar-refractivity contribution is 0.547. The number of nitrogens with zero attached hydrogens (tertiary/aromatic N) is 1. The average molecular weight is 255 g/mol. The quantitative estimate of drug-likeness (QED) is 0.839. The molecular weight excluding hydrogens is 232 g/mol. The molecule has 0 saturated carbocycles. The van der Waals surface area contributed by atoms with Crippen LogP contribution in [0.25, 0.3) is 0 Å². The summed E-state index contributed by atoms with van der Waals surface area (Å²) in [5.41, 5.74) is 8.14. The first kappa shape index (κ1) is 14.3. The molecule has 96 valence electrons. The van der Waals surface area contributed by atoms with Gasteiger partial charge >= 0.3 is 0 Å². The lowest BCUT2D eigenvalue weighted by atomic mass is 10.1. The van der Waals surface area contributed by atoms with Crippen molar-refractivity contribution >= 4 is 17.3 Å². The van der Waals surface area contributed by atoms with Gasteiger partial charge in [0.15, 0.2) is 0 Å². The van der Waals surface area contributed by atoms with Crippen molar-refractivity contribution in [2.75, 3.05) is 18.0 Å². The van der Waals surface area contributed by atoms with E-state index >= 15 is 0 Å². The fraction of sp³-hybridized carbons (Fsp3) is 0.571. The van der Waals surface area contributed by atoms with Crippen molar-refractivity contribution in [1.82, 2.24) is 0 Å². The summed E-state index contributed by atoms with van der Waals surface area (Å²) in [6.45, 7) is 9.29. The number of hydrogen-bond acceptors (Lipinski definition) is 2. The molecule has 1 rings (SSSR count). The Hall–Kier alpha value is -0.730. The van der Waals surface area contributed by atoms with Crippen LogP contribution in [-0.4, -0.2) is 13.1 Å². The molecule has 0 aliphatic carbocycles. The summed E-state index contributed by atoms with van der Waals surface area (Å²) in [5, 5.41) is 0.758. The zero-order valence-electron chi connectivity index (χ0n) is 11.0. The third kappa shape index (κ3) is 3.90. The monoisotopic (exact) mass is 254 g/mol. The summed E-state index contributed by atoms with van der Waals surface area (Å²) in [7, 11) is 0. The van der Waals surface area contributed by atoms with Crippen LogP contribution in [0.1, 0.15) is 32.8 Å². The van der Waals surface area contributed by atoms with Gasteiger partial charge in [-0.25, -0.2) is 0 Å². The summed E-state index contributed by atoms with van der Waals surface area (Å²) in [6, 6.07) is 5.99. The summed E-state index contributed by atoms with van der Waals surface area (Å²) >= 11 is 6.00. The number of benzene rings is 1. The van der Waals surface area contributed by atoms with E-state index in [1.807, 2.05) is 12.1 Å². The number of rotatable bonds is 6. The fourth-order valence-electron chi connectivity index (χ4n) is 1.93. The second kappa shape index (κ2) is 6.87. The molecule has 1 atom stereocenters. The Morgan fingerprint density at radius 2 is 2.06 bits per heavy atom. The van der Waals surface area contributed by atoms with Gasteiger partial charge < -0.3 is 10.6 Å². The second-order valence-corrected chi connectivity index (χ2v) is 4.97. The molecule has 3 heteroatoms. The molecule has 0 saturated heterocycles. The molecule has 0 aromatic heterocycles. The van der Waals surface area contributed by atoms with Crippen LogP contribution in [0.15, 0.2) is 18.2 Å². The van der Waals surface area contributed by atoms with Gasteiger partial charge in [0, 0.05) is 30.3 Å². The number of hydrogen-bond donors (Lipinski definition) is 1. The Balaban J connectivity index is 2.94. The zero-order chi connectivity index (χ0) is 12.8. The molecule has 17 heavy (non-hydrogen) atoms. The maximum absolute atomic E-state index is 6.00. The van der Waals surface area contributed by atoms with E-state index in [0.717, 1.165) is 23.7 Å². The van der Waals surface area contributed by atoms with E-state index in [4.69, 9.17) is 17.3 Å². The van der Waals surface area contributed by atoms with Crippen molar-refractivity contribution in [3.63, 3.8) is 0 Å². The first-order valence-electron chi connectivity index (χ1n) is 6.35. The van der Waals surface area contributed by atoms with E-state index in [9.17, 15) is 0 Å². The van der Waals surface area contributed by atoms with Crippen molar-refractivity contribution in [3.8, 4) is 0 Å². The van der Waals surface area contributed by atoms with Crippen LogP contribution in [0.2, 0.25) is 5.02 Å². The lowest BCUT2D eigenvalue weighted by Gasteiger charge is -2.28. The minimum absolute atomic E-state index is 0.535. The van der Waals surface area contributed by atoms with Crippen LogP contribution in [0.3, 0.4) is 0 Å². The standard InChI is InChI=1S/C14H23ClN2/c1-4-11(3)10-17(5-2)14-7-6-13(15)8-12(14)9-16/h6-8,11H,4-5,9-10,16H2,1-3H3. The van der Waals surface area contributed by atoms with Crippen LogP contribution in [-0.2, 0) is 6.54 Å². The van der Waals surface area contributed by atoms with Gasteiger partial charge in [0.05, 0.1) is 0 Å². The van der Waals surface area contributed by atoms with E-state index in [1.165, 1.54) is 12.1 Å². The molecule has 0 fully saturated rings. The molecule has 0 aliphatic heterocycles. The highest BCUT2D eigenvalue weighted by molar-refractivity contribution is 6.30. The van der Waals surface area contributed by atoms with Crippen molar-refractivity contribution in [1.29, 1.82) is 0 Å². The normalized spacial score (nSPS) is 12.5. The molecule has 0 radical (unpaired) electrons. The van der Waals surface area contributed by atoms with Crippen molar-refractivity contribution < 1.29 is 0 Å². The first-order chi connectivity index (χ1) is 8.12. The Kier molecular flexibility index (Phi) is 5.79. The zero-order valence-corrected chi connectivity index (χ0v) is 11.8. The molecule has 2 nitrogen and oxygen atoms in total. The van der Waals surface area contributed by atoms with E-state index in [-0.39, 0.29) is 0 Å². The maximum Gasteiger partial charge on any atom is 0.0412 e. The Bertz CT molecular complexity index is 352. The van der Waals surface area contributed by atoms with Gasteiger partial charge in [-0.1, -0.05) is 31.9 Å². The molecule has 1 unspecified atom stereocenters. The summed E-state index contributed by atoms with van der Waals surface area (Å²) in [4.78, 5) is 2.38. The molecule has 0 spiro atoms. The molecule has 0 bridgehead atoms. The van der Waals surface area contributed by atoms with E-state index in [2.05, 4.69) is 31.7 Å². The van der Waals surface area contributed by atoms with Gasteiger partial charge in [-0.3, -0.25) is 0 Å². The van der Waals surface area contributed by atoms with Gasteiger partial charge in [0.25, 0.3) is 0 Å². The predicted molar refractivity (Wildman–Crippen MR) is 76.7 cm³/mol. The minimum atomic E-state index is 0.535. The van der Waals surface area contributed by atoms with Gasteiger partial charge in [0.1, 0.15) is 0 Å². The first-order valence-corrected chi connectivity index (χ1v) is 6.73. The average Bonchev–Trinajstić information content (AvgIpc) is 2.35. The van der Waals surface area contributed by atoms with E-state index < -0.39 is 0 Å². The van der Waals surface area contributed by atoms with Crippen LogP contribution >= 0.6 is 11.6 Å². The van der Waals surface area contributed by atoms with Gasteiger partial charge in [0.2, 0.25) is 0 Å².